The van der Waals surface area contributed by atoms with Crippen molar-refractivity contribution < 1.29 is 9.53 Å². The molecule has 1 atom stereocenters. The molecule has 1 N–H and O–H groups in total. The van der Waals surface area contributed by atoms with E-state index in [4.69, 9.17) is 4.74 Å². The van der Waals surface area contributed by atoms with E-state index >= 15 is 0 Å². The van der Waals surface area contributed by atoms with Crippen LogP contribution >= 0.6 is 12.4 Å². The molecule has 4 heteroatoms. The van der Waals surface area contributed by atoms with E-state index < -0.39 is 0 Å². The van der Waals surface area contributed by atoms with Crippen molar-refractivity contribution in [3.05, 3.63) is 0 Å². The number of nitrogens with one attached hydrogen (secondary N) is 1. The van der Waals surface area contributed by atoms with Crippen molar-refractivity contribution in [1.82, 2.24) is 5.32 Å². The number of ether oxygens (including phenoxy) is 1. The van der Waals surface area contributed by atoms with Crippen molar-refractivity contribution in [2.45, 2.75) is 38.2 Å². The molecule has 1 aliphatic heterocycles. The second-order valence-electron chi connectivity index (χ2n) is 4.27. The first-order valence-electron chi connectivity index (χ1n) is 5.17. The standard InChI is InChI=1S/C10H17NO2.ClH/c12-8-13-9-6-11-7-10(9)4-2-1-3-5-10;/h8-9,11H,1-7H2;1H. The van der Waals surface area contributed by atoms with Gasteiger partial charge in [-0.05, 0) is 12.8 Å². The Morgan fingerprint density at radius 2 is 2.00 bits per heavy atom. The van der Waals surface area contributed by atoms with Crippen LogP contribution < -0.4 is 5.32 Å². The molecule has 82 valence electrons. The fourth-order valence-electron chi connectivity index (χ4n) is 2.80. The zero-order chi connectivity index (χ0) is 9.15. The fraction of sp³-hybridized carbons (Fsp3) is 0.900. The van der Waals surface area contributed by atoms with Gasteiger partial charge in [0.25, 0.3) is 6.47 Å². The van der Waals surface area contributed by atoms with Crippen LogP contribution in [0.3, 0.4) is 0 Å². The summed E-state index contributed by atoms with van der Waals surface area (Å²) < 4.78 is 5.15. The Morgan fingerprint density at radius 3 is 2.64 bits per heavy atom. The smallest absolute Gasteiger partial charge is 0.293 e. The van der Waals surface area contributed by atoms with Gasteiger partial charge in [0.15, 0.2) is 0 Å². The van der Waals surface area contributed by atoms with E-state index in [0.29, 0.717) is 6.47 Å². The molecule has 1 saturated carbocycles. The Morgan fingerprint density at radius 1 is 1.29 bits per heavy atom. The Balaban J connectivity index is 0.000000980. The molecule has 0 aromatic carbocycles. The van der Waals surface area contributed by atoms with E-state index in [2.05, 4.69) is 5.32 Å². The van der Waals surface area contributed by atoms with Gasteiger partial charge in [0, 0.05) is 18.5 Å². The van der Waals surface area contributed by atoms with Crippen LogP contribution in [-0.4, -0.2) is 25.7 Å². The van der Waals surface area contributed by atoms with E-state index in [1.54, 1.807) is 0 Å². The van der Waals surface area contributed by atoms with Crippen molar-refractivity contribution in [2.24, 2.45) is 5.41 Å². The highest BCUT2D eigenvalue weighted by Crippen LogP contribution is 2.42. The summed E-state index contributed by atoms with van der Waals surface area (Å²) in [5, 5.41) is 3.33. The van der Waals surface area contributed by atoms with E-state index in [1.165, 1.54) is 32.1 Å². The molecule has 0 aromatic rings. The predicted molar refractivity (Wildman–Crippen MR) is 56.6 cm³/mol. The Kier molecular flexibility index (Phi) is 4.20. The maximum atomic E-state index is 10.3. The van der Waals surface area contributed by atoms with Crippen molar-refractivity contribution in [2.75, 3.05) is 13.1 Å². The summed E-state index contributed by atoms with van der Waals surface area (Å²) in [5.41, 5.74) is 0.277. The lowest BCUT2D eigenvalue weighted by atomic mass is 9.72. The lowest BCUT2D eigenvalue weighted by Crippen LogP contribution is -2.37. The molecule has 2 rings (SSSR count). The molecule has 1 unspecified atom stereocenters. The van der Waals surface area contributed by atoms with E-state index in [-0.39, 0.29) is 23.9 Å². The summed E-state index contributed by atoms with van der Waals surface area (Å²) in [6.07, 6.45) is 6.50. The first kappa shape index (κ1) is 11.8. The third-order valence-electron chi connectivity index (χ3n) is 3.56. The van der Waals surface area contributed by atoms with Gasteiger partial charge >= 0.3 is 0 Å². The quantitative estimate of drug-likeness (QED) is 0.716. The highest BCUT2D eigenvalue weighted by Gasteiger charge is 2.44. The van der Waals surface area contributed by atoms with Gasteiger partial charge in [-0.25, -0.2) is 0 Å². The Bertz CT molecular complexity index is 193. The van der Waals surface area contributed by atoms with Crippen molar-refractivity contribution >= 4 is 18.9 Å². The van der Waals surface area contributed by atoms with Crippen LogP contribution in [0.25, 0.3) is 0 Å². The fourth-order valence-corrected chi connectivity index (χ4v) is 2.80. The summed E-state index contributed by atoms with van der Waals surface area (Å²) in [6, 6.07) is 0. The van der Waals surface area contributed by atoms with E-state index in [0.717, 1.165) is 13.1 Å². The average Bonchev–Trinajstić information content (AvgIpc) is 2.52. The largest absolute Gasteiger partial charge is 0.463 e. The number of rotatable bonds is 2. The first-order valence-corrected chi connectivity index (χ1v) is 5.17. The van der Waals surface area contributed by atoms with Crippen LogP contribution in [0.1, 0.15) is 32.1 Å². The monoisotopic (exact) mass is 219 g/mol. The average molecular weight is 220 g/mol. The maximum Gasteiger partial charge on any atom is 0.293 e. The number of carbonyl (C=O) groups excluding carboxylic acids is 1. The minimum atomic E-state index is 0. The summed E-state index contributed by atoms with van der Waals surface area (Å²) in [6.45, 7) is 2.48. The van der Waals surface area contributed by atoms with Gasteiger partial charge in [0.1, 0.15) is 6.10 Å². The minimum Gasteiger partial charge on any atom is -0.463 e. The van der Waals surface area contributed by atoms with E-state index in [9.17, 15) is 4.79 Å². The van der Waals surface area contributed by atoms with Crippen LogP contribution in [0.2, 0.25) is 0 Å². The molecule has 14 heavy (non-hydrogen) atoms. The minimum absolute atomic E-state index is 0. The third-order valence-corrected chi connectivity index (χ3v) is 3.56. The molecule has 2 fully saturated rings. The van der Waals surface area contributed by atoms with Gasteiger partial charge in [-0.1, -0.05) is 19.3 Å². The zero-order valence-corrected chi connectivity index (χ0v) is 9.15. The molecule has 2 aliphatic rings. The van der Waals surface area contributed by atoms with Gasteiger partial charge in [-0.2, -0.15) is 0 Å². The molecule has 1 aliphatic carbocycles. The Hall–Kier alpha value is -0.280. The predicted octanol–water partition coefficient (Wildman–Crippen LogP) is 1.50. The molecule has 0 radical (unpaired) electrons. The highest BCUT2D eigenvalue weighted by atomic mass is 35.5. The van der Waals surface area contributed by atoms with Crippen LogP contribution in [0.4, 0.5) is 0 Å². The summed E-state index contributed by atoms with van der Waals surface area (Å²) in [4.78, 5) is 10.3. The van der Waals surface area contributed by atoms with Crippen molar-refractivity contribution in [3.63, 3.8) is 0 Å². The molecule has 1 heterocycles. The van der Waals surface area contributed by atoms with Gasteiger partial charge in [-0.15, -0.1) is 12.4 Å². The maximum absolute atomic E-state index is 10.3. The van der Waals surface area contributed by atoms with Crippen LogP contribution in [0.5, 0.6) is 0 Å². The topological polar surface area (TPSA) is 38.3 Å². The summed E-state index contributed by atoms with van der Waals surface area (Å²) in [5.74, 6) is 0. The summed E-state index contributed by atoms with van der Waals surface area (Å²) >= 11 is 0. The van der Waals surface area contributed by atoms with Gasteiger partial charge in [0.05, 0.1) is 0 Å². The lowest BCUT2D eigenvalue weighted by molar-refractivity contribution is -0.138. The molecular weight excluding hydrogens is 202 g/mol. The molecule has 1 spiro atoms. The van der Waals surface area contributed by atoms with Crippen molar-refractivity contribution in [3.8, 4) is 0 Å². The first-order chi connectivity index (χ1) is 6.37. The van der Waals surface area contributed by atoms with E-state index in [1.807, 2.05) is 0 Å². The highest BCUT2D eigenvalue weighted by molar-refractivity contribution is 5.85. The SMILES string of the molecule is Cl.O=COC1CNCC12CCCCC2. The molecule has 0 aromatic heterocycles. The van der Waals surface area contributed by atoms with Crippen molar-refractivity contribution in [1.29, 1.82) is 0 Å². The van der Waals surface area contributed by atoms with Crippen LogP contribution in [-0.2, 0) is 9.53 Å². The second-order valence-corrected chi connectivity index (χ2v) is 4.27. The Labute approximate surface area is 91.0 Å². The molecular formula is C10H18ClNO2. The number of hydrogen-bond acceptors (Lipinski definition) is 3. The zero-order valence-electron chi connectivity index (χ0n) is 8.33. The normalized spacial score (nSPS) is 29.6. The van der Waals surface area contributed by atoms with Gasteiger partial charge in [0.2, 0.25) is 0 Å². The third kappa shape index (κ3) is 2.04. The number of hydrogen-bond donors (Lipinski definition) is 1. The van der Waals surface area contributed by atoms with Crippen LogP contribution in [0, 0.1) is 5.41 Å². The van der Waals surface area contributed by atoms with Gasteiger partial charge < -0.3 is 10.1 Å². The molecule has 3 nitrogen and oxygen atoms in total. The molecule has 0 bridgehead atoms. The number of carbonyl (C=O) groups is 1. The lowest BCUT2D eigenvalue weighted by Gasteiger charge is -2.36. The second kappa shape index (κ2) is 4.99. The van der Waals surface area contributed by atoms with Gasteiger partial charge in [-0.3, -0.25) is 4.79 Å². The number of halogens is 1. The molecule has 1 saturated heterocycles. The molecule has 0 amide bonds. The van der Waals surface area contributed by atoms with Crippen LogP contribution in [0.15, 0.2) is 0 Å². The summed E-state index contributed by atoms with van der Waals surface area (Å²) in [7, 11) is 0.